The number of hydrogen-bond acceptors (Lipinski definition) is 6. The lowest BCUT2D eigenvalue weighted by Gasteiger charge is -2.11. The highest BCUT2D eigenvalue weighted by atomic mass is 16.5. The van der Waals surface area contributed by atoms with Crippen LogP contribution in [0.5, 0.6) is 11.9 Å². The minimum Gasteiger partial charge on any atom is -0.476 e. The molecular formula is C16H16N4O3. The first-order valence-electron chi connectivity index (χ1n) is 7.12. The van der Waals surface area contributed by atoms with Crippen molar-refractivity contribution < 1.29 is 14.3 Å². The van der Waals surface area contributed by atoms with Gasteiger partial charge in [0.1, 0.15) is 5.69 Å². The maximum atomic E-state index is 12.3. The van der Waals surface area contributed by atoms with Crippen LogP contribution in [0.4, 0.5) is 5.69 Å². The summed E-state index contributed by atoms with van der Waals surface area (Å²) in [7, 11) is 0. The van der Waals surface area contributed by atoms with E-state index in [-0.39, 0.29) is 17.8 Å². The average molecular weight is 312 g/mol. The monoisotopic (exact) mass is 312 g/mol. The summed E-state index contributed by atoms with van der Waals surface area (Å²) in [4.78, 5) is 20.4. The third kappa shape index (κ3) is 4.17. The third-order valence-electron chi connectivity index (χ3n) is 2.79. The van der Waals surface area contributed by atoms with Crippen LogP contribution in [0.25, 0.3) is 0 Å². The van der Waals surface area contributed by atoms with Crippen LogP contribution in [-0.4, -0.2) is 29.1 Å². The second-order valence-electron chi connectivity index (χ2n) is 4.38. The van der Waals surface area contributed by atoms with Crippen molar-refractivity contribution in [2.24, 2.45) is 0 Å². The predicted octanol–water partition coefficient (Wildman–Crippen LogP) is 2.40. The van der Waals surface area contributed by atoms with Crippen molar-refractivity contribution in [3.63, 3.8) is 0 Å². The van der Waals surface area contributed by atoms with Gasteiger partial charge in [0.15, 0.2) is 0 Å². The summed E-state index contributed by atoms with van der Waals surface area (Å²) in [6.45, 7) is 4.44. The Hall–Kier alpha value is -3.14. The van der Waals surface area contributed by atoms with Crippen molar-refractivity contribution in [2.75, 3.05) is 18.5 Å². The van der Waals surface area contributed by atoms with E-state index in [1.54, 1.807) is 18.2 Å². The molecule has 2 aromatic rings. The Kier molecular flexibility index (Phi) is 5.47. The van der Waals surface area contributed by atoms with Crippen LogP contribution < -0.4 is 14.8 Å². The van der Waals surface area contributed by atoms with Gasteiger partial charge in [-0.25, -0.2) is 4.98 Å². The quantitative estimate of drug-likeness (QED) is 0.879. The number of nitrogens with zero attached hydrogens (tertiary/aromatic N) is 3. The normalized spacial score (nSPS) is 9.78. The van der Waals surface area contributed by atoms with E-state index in [2.05, 4.69) is 15.3 Å². The summed E-state index contributed by atoms with van der Waals surface area (Å²) in [5.41, 5.74) is 1.11. The number of benzene rings is 1. The molecule has 0 saturated heterocycles. The maximum Gasteiger partial charge on any atom is 0.319 e. The van der Waals surface area contributed by atoms with Gasteiger partial charge in [0.2, 0.25) is 5.88 Å². The molecule has 0 spiro atoms. The summed E-state index contributed by atoms with van der Waals surface area (Å²) in [5.74, 6) is -0.147. The molecular weight excluding hydrogens is 296 g/mol. The highest BCUT2D eigenvalue weighted by molar-refractivity contribution is 6.05. The number of hydrogen-bond donors (Lipinski definition) is 1. The first-order valence-corrected chi connectivity index (χ1v) is 7.12. The molecule has 0 radical (unpaired) electrons. The third-order valence-corrected chi connectivity index (χ3v) is 2.79. The van der Waals surface area contributed by atoms with Gasteiger partial charge in [0.25, 0.3) is 5.91 Å². The Bertz CT molecular complexity index is 740. The SMILES string of the molecule is CCOc1ncc(NC(=O)c2cccc(C#N)c2)c(OCC)n1. The van der Waals surface area contributed by atoms with Gasteiger partial charge in [0, 0.05) is 5.56 Å². The summed E-state index contributed by atoms with van der Waals surface area (Å²) in [6, 6.07) is 8.57. The number of ether oxygens (including phenoxy) is 2. The van der Waals surface area contributed by atoms with E-state index in [0.717, 1.165) is 0 Å². The fraction of sp³-hybridized carbons (Fsp3) is 0.250. The molecule has 2 rings (SSSR count). The zero-order valence-corrected chi connectivity index (χ0v) is 12.9. The zero-order valence-electron chi connectivity index (χ0n) is 12.9. The van der Waals surface area contributed by atoms with Crippen molar-refractivity contribution in [1.82, 2.24) is 9.97 Å². The number of carbonyl (C=O) groups is 1. The topological polar surface area (TPSA) is 97.1 Å². The van der Waals surface area contributed by atoms with Crippen LogP contribution in [-0.2, 0) is 0 Å². The maximum absolute atomic E-state index is 12.3. The number of carbonyl (C=O) groups excluding carboxylic acids is 1. The summed E-state index contributed by atoms with van der Waals surface area (Å²) < 4.78 is 10.6. The van der Waals surface area contributed by atoms with Crippen molar-refractivity contribution in [3.8, 4) is 18.0 Å². The van der Waals surface area contributed by atoms with E-state index < -0.39 is 0 Å². The molecule has 0 aliphatic carbocycles. The fourth-order valence-corrected chi connectivity index (χ4v) is 1.81. The molecule has 7 nitrogen and oxygen atoms in total. The Morgan fingerprint density at radius 2 is 2.09 bits per heavy atom. The van der Waals surface area contributed by atoms with E-state index in [1.807, 2.05) is 19.9 Å². The molecule has 0 aliphatic heterocycles. The van der Waals surface area contributed by atoms with Crippen molar-refractivity contribution >= 4 is 11.6 Å². The van der Waals surface area contributed by atoms with Gasteiger partial charge in [-0.1, -0.05) is 6.07 Å². The standard InChI is InChI=1S/C16H16N4O3/c1-3-22-15-13(10-18-16(20-15)23-4-2)19-14(21)12-7-5-6-11(8-12)9-17/h5-8,10H,3-4H2,1-2H3,(H,19,21). The minimum absolute atomic E-state index is 0.181. The van der Waals surface area contributed by atoms with E-state index in [4.69, 9.17) is 14.7 Å². The Balaban J connectivity index is 2.24. The van der Waals surface area contributed by atoms with Gasteiger partial charge >= 0.3 is 6.01 Å². The Morgan fingerprint density at radius 3 is 2.78 bits per heavy atom. The lowest BCUT2D eigenvalue weighted by atomic mass is 10.1. The van der Waals surface area contributed by atoms with Crippen molar-refractivity contribution in [1.29, 1.82) is 5.26 Å². The molecule has 118 valence electrons. The highest BCUT2D eigenvalue weighted by Crippen LogP contribution is 2.24. The van der Waals surface area contributed by atoms with Gasteiger partial charge in [-0.05, 0) is 32.0 Å². The van der Waals surface area contributed by atoms with Crippen LogP contribution in [0.1, 0.15) is 29.8 Å². The molecule has 23 heavy (non-hydrogen) atoms. The summed E-state index contributed by atoms with van der Waals surface area (Å²) in [5, 5.41) is 11.6. The number of nitriles is 1. The first kappa shape index (κ1) is 16.2. The van der Waals surface area contributed by atoms with E-state index in [9.17, 15) is 4.79 Å². The molecule has 0 aliphatic rings. The molecule has 0 atom stereocenters. The second-order valence-corrected chi connectivity index (χ2v) is 4.38. The van der Waals surface area contributed by atoms with Crippen LogP contribution >= 0.6 is 0 Å². The highest BCUT2D eigenvalue weighted by Gasteiger charge is 2.14. The van der Waals surface area contributed by atoms with Gasteiger partial charge in [0.05, 0.1) is 31.0 Å². The number of aromatic nitrogens is 2. The molecule has 0 unspecified atom stereocenters. The Labute approximate surface area is 133 Å². The van der Waals surface area contributed by atoms with E-state index >= 15 is 0 Å². The molecule has 1 aromatic heterocycles. The molecule has 0 bridgehead atoms. The molecule has 1 heterocycles. The van der Waals surface area contributed by atoms with Gasteiger partial charge in [-0.3, -0.25) is 4.79 Å². The van der Waals surface area contributed by atoms with Crippen LogP contribution in [0, 0.1) is 11.3 Å². The molecule has 1 aromatic carbocycles. The Morgan fingerprint density at radius 1 is 1.30 bits per heavy atom. The number of nitrogens with one attached hydrogen (secondary N) is 1. The second kappa shape index (κ2) is 7.75. The molecule has 0 saturated carbocycles. The van der Waals surface area contributed by atoms with Crippen molar-refractivity contribution in [2.45, 2.75) is 13.8 Å². The van der Waals surface area contributed by atoms with Crippen LogP contribution in [0.15, 0.2) is 30.5 Å². The summed E-state index contributed by atoms with van der Waals surface area (Å²) in [6.07, 6.45) is 1.43. The lowest BCUT2D eigenvalue weighted by Crippen LogP contribution is -2.14. The molecule has 7 heteroatoms. The summed E-state index contributed by atoms with van der Waals surface area (Å²) >= 11 is 0. The number of amides is 1. The van der Waals surface area contributed by atoms with Crippen LogP contribution in [0.3, 0.4) is 0 Å². The van der Waals surface area contributed by atoms with Gasteiger partial charge in [-0.2, -0.15) is 10.2 Å². The molecule has 1 N–H and O–H groups in total. The molecule has 0 fully saturated rings. The molecule has 1 amide bonds. The van der Waals surface area contributed by atoms with E-state index in [0.29, 0.717) is 30.0 Å². The fourth-order valence-electron chi connectivity index (χ4n) is 1.81. The van der Waals surface area contributed by atoms with Crippen LogP contribution in [0.2, 0.25) is 0 Å². The number of rotatable bonds is 6. The smallest absolute Gasteiger partial charge is 0.319 e. The lowest BCUT2D eigenvalue weighted by molar-refractivity contribution is 0.102. The van der Waals surface area contributed by atoms with Gasteiger partial charge in [-0.15, -0.1) is 0 Å². The minimum atomic E-state index is -0.379. The predicted molar refractivity (Wildman–Crippen MR) is 83.5 cm³/mol. The average Bonchev–Trinajstić information content (AvgIpc) is 2.57. The van der Waals surface area contributed by atoms with Crippen molar-refractivity contribution in [3.05, 3.63) is 41.6 Å². The van der Waals surface area contributed by atoms with E-state index in [1.165, 1.54) is 12.3 Å². The largest absolute Gasteiger partial charge is 0.476 e. The number of anilines is 1. The first-order chi connectivity index (χ1) is 11.2. The zero-order chi connectivity index (χ0) is 16.7. The van der Waals surface area contributed by atoms with Gasteiger partial charge < -0.3 is 14.8 Å².